The summed E-state index contributed by atoms with van der Waals surface area (Å²) >= 11 is 0. The van der Waals surface area contributed by atoms with Gasteiger partial charge in [-0.05, 0) is 30.9 Å². The van der Waals surface area contributed by atoms with Gasteiger partial charge in [0.05, 0.1) is 11.5 Å². The summed E-state index contributed by atoms with van der Waals surface area (Å²) in [5.41, 5.74) is 0. The molecule has 1 aliphatic rings. The normalized spacial score (nSPS) is 17.1. The molecule has 0 atom stereocenters. The van der Waals surface area contributed by atoms with E-state index in [1.807, 2.05) is 0 Å². The predicted octanol–water partition coefficient (Wildman–Crippen LogP) is 1.42. The van der Waals surface area contributed by atoms with Gasteiger partial charge in [-0.1, -0.05) is 0 Å². The molecular weight excluding hydrogens is 292 g/mol. The van der Waals surface area contributed by atoms with E-state index in [0.717, 1.165) is 12.8 Å². The summed E-state index contributed by atoms with van der Waals surface area (Å²) in [5, 5.41) is 4.82. The summed E-state index contributed by atoms with van der Waals surface area (Å²) in [5.74, 6) is -2.58. The number of ether oxygens (including phenoxy) is 2. The molecule has 1 aliphatic heterocycles. The first-order valence-electron chi connectivity index (χ1n) is 6.10. The van der Waals surface area contributed by atoms with Crippen LogP contribution in [0.25, 0.3) is 0 Å². The van der Waals surface area contributed by atoms with Crippen molar-refractivity contribution in [3.8, 4) is 5.75 Å². The van der Waals surface area contributed by atoms with E-state index in [-0.39, 0.29) is 12.5 Å². The van der Waals surface area contributed by atoms with E-state index in [2.05, 4.69) is 0 Å². The topological polar surface area (TPSA) is 78.6 Å². The molecule has 0 amide bonds. The van der Waals surface area contributed by atoms with Crippen molar-refractivity contribution in [3.05, 3.63) is 23.8 Å². The Morgan fingerprint density at radius 2 is 1.80 bits per heavy atom. The maximum atomic E-state index is 13.7. The first-order valence-corrected chi connectivity index (χ1v) is 7.65. The molecule has 2 rings (SSSR count). The van der Waals surface area contributed by atoms with Crippen LogP contribution in [0.1, 0.15) is 12.8 Å². The number of nitrogens with two attached hydrogens (primary N) is 1. The fraction of sp³-hybridized carbons (Fsp3) is 0.500. The van der Waals surface area contributed by atoms with Crippen LogP contribution < -0.4 is 9.88 Å². The molecule has 1 aromatic rings. The van der Waals surface area contributed by atoms with Gasteiger partial charge in [0.25, 0.3) is 0 Å². The molecule has 0 unspecified atom stereocenters. The lowest BCUT2D eigenvalue weighted by Crippen LogP contribution is -2.22. The van der Waals surface area contributed by atoms with Crippen LogP contribution in [-0.4, -0.2) is 28.2 Å². The Balaban J connectivity index is 2.12. The average Bonchev–Trinajstić information content (AvgIpc) is 2.37. The third kappa shape index (κ3) is 3.65. The lowest BCUT2D eigenvalue weighted by atomic mass is 10.0. The third-order valence-electron chi connectivity index (χ3n) is 3.10. The van der Waals surface area contributed by atoms with E-state index in [0.29, 0.717) is 25.3 Å². The number of sulfonamides is 1. The van der Waals surface area contributed by atoms with Crippen molar-refractivity contribution >= 4 is 10.0 Å². The highest BCUT2D eigenvalue weighted by Gasteiger charge is 2.20. The van der Waals surface area contributed by atoms with E-state index >= 15 is 0 Å². The molecule has 0 aromatic heterocycles. The Labute approximate surface area is 115 Å². The van der Waals surface area contributed by atoms with Gasteiger partial charge in [-0.2, -0.15) is 0 Å². The van der Waals surface area contributed by atoms with Crippen molar-refractivity contribution < 1.29 is 26.7 Å². The zero-order valence-electron chi connectivity index (χ0n) is 10.6. The zero-order chi connectivity index (χ0) is 14.8. The predicted molar refractivity (Wildman–Crippen MR) is 66.8 cm³/mol. The van der Waals surface area contributed by atoms with E-state index in [9.17, 15) is 17.2 Å². The van der Waals surface area contributed by atoms with Gasteiger partial charge in [-0.25, -0.2) is 22.3 Å². The summed E-state index contributed by atoms with van der Waals surface area (Å²) in [6, 6.07) is 1.30. The highest BCUT2D eigenvalue weighted by molar-refractivity contribution is 7.89. The lowest BCUT2D eigenvalue weighted by Gasteiger charge is -2.22. The summed E-state index contributed by atoms with van der Waals surface area (Å²) in [4.78, 5) is -0.620. The third-order valence-corrected chi connectivity index (χ3v) is 4.00. The molecule has 0 bridgehead atoms. The van der Waals surface area contributed by atoms with Gasteiger partial charge in [0, 0.05) is 13.2 Å². The molecule has 20 heavy (non-hydrogen) atoms. The van der Waals surface area contributed by atoms with Crippen LogP contribution in [0.4, 0.5) is 8.78 Å². The monoisotopic (exact) mass is 307 g/mol. The lowest BCUT2D eigenvalue weighted by molar-refractivity contribution is 0.0485. The molecule has 0 spiro atoms. The molecule has 1 aromatic carbocycles. The fourth-order valence-electron chi connectivity index (χ4n) is 1.95. The Kier molecular flexibility index (Phi) is 4.56. The zero-order valence-corrected chi connectivity index (χ0v) is 11.5. The molecule has 1 fully saturated rings. The van der Waals surface area contributed by atoms with Crippen LogP contribution in [0, 0.1) is 17.6 Å². The van der Waals surface area contributed by atoms with E-state index in [1.165, 1.54) is 0 Å². The Morgan fingerprint density at radius 3 is 2.30 bits per heavy atom. The first kappa shape index (κ1) is 15.1. The number of hydrogen-bond donors (Lipinski definition) is 1. The van der Waals surface area contributed by atoms with Gasteiger partial charge in [-0.15, -0.1) is 0 Å². The van der Waals surface area contributed by atoms with Gasteiger partial charge in [0.1, 0.15) is 0 Å². The van der Waals surface area contributed by atoms with Crippen molar-refractivity contribution in [2.75, 3.05) is 19.8 Å². The largest absolute Gasteiger partial charge is 0.487 e. The quantitative estimate of drug-likeness (QED) is 0.912. The smallest absolute Gasteiger partial charge is 0.238 e. The van der Waals surface area contributed by atoms with Crippen LogP contribution in [0.15, 0.2) is 17.0 Å². The maximum Gasteiger partial charge on any atom is 0.238 e. The molecular formula is C12H15F2NO4S. The first-order chi connectivity index (χ1) is 9.38. The minimum atomic E-state index is -4.15. The molecule has 1 heterocycles. The minimum absolute atomic E-state index is 0.159. The molecule has 2 N–H and O–H groups in total. The highest BCUT2D eigenvalue weighted by Crippen LogP contribution is 2.26. The van der Waals surface area contributed by atoms with Crippen LogP contribution >= 0.6 is 0 Å². The van der Waals surface area contributed by atoms with Crippen molar-refractivity contribution in [1.82, 2.24) is 0 Å². The number of rotatable bonds is 4. The number of halogens is 2. The van der Waals surface area contributed by atoms with Crippen molar-refractivity contribution in [2.24, 2.45) is 11.1 Å². The van der Waals surface area contributed by atoms with Gasteiger partial charge in [-0.3, -0.25) is 0 Å². The second-order valence-corrected chi connectivity index (χ2v) is 6.19. The standard InChI is InChI=1S/C12H15F2NO4S/c13-10-5-9(20(15,16)17)6-11(14)12(10)19-7-8-1-3-18-4-2-8/h5-6,8H,1-4,7H2,(H2,15,16,17). The van der Waals surface area contributed by atoms with E-state index in [4.69, 9.17) is 14.6 Å². The SMILES string of the molecule is NS(=O)(=O)c1cc(F)c(OCC2CCOCC2)c(F)c1. The summed E-state index contributed by atoms with van der Waals surface area (Å²) in [7, 11) is -4.15. The van der Waals surface area contributed by atoms with E-state index in [1.54, 1.807) is 0 Å². The van der Waals surface area contributed by atoms with Crippen LogP contribution in [0.2, 0.25) is 0 Å². The summed E-state index contributed by atoms with van der Waals surface area (Å²) < 4.78 is 59.8. The maximum absolute atomic E-state index is 13.7. The molecule has 0 radical (unpaired) electrons. The van der Waals surface area contributed by atoms with Gasteiger partial charge in [0.2, 0.25) is 10.0 Å². The highest BCUT2D eigenvalue weighted by atomic mass is 32.2. The second-order valence-electron chi connectivity index (χ2n) is 4.63. The van der Waals surface area contributed by atoms with Gasteiger partial charge in [0.15, 0.2) is 17.4 Å². The molecule has 0 saturated carbocycles. The molecule has 8 heteroatoms. The van der Waals surface area contributed by atoms with Gasteiger partial charge < -0.3 is 9.47 Å². The average molecular weight is 307 g/mol. The Morgan fingerprint density at radius 1 is 1.25 bits per heavy atom. The van der Waals surface area contributed by atoms with Crippen molar-refractivity contribution in [3.63, 3.8) is 0 Å². The van der Waals surface area contributed by atoms with Crippen molar-refractivity contribution in [1.29, 1.82) is 0 Å². The van der Waals surface area contributed by atoms with Crippen molar-refractivity contribution in [2.45, 2.75) is 17.7 Å². The number of hydrogen-bond acceptors (Lipinski definition) is 4. The molecule has 112 valence electrons. The number of benzene rings is 1. The molecule has 5 nitrogen and oxygen atoms in total. The van der Waals surface area contributed by atoms with Crippen LogP contribution in [-0.2, 0) is 14.8 Å². The molecule has 1 saturated heterocycles. The second kappa shape index (κ2) is 6.02. The van der Waals surface area contributed by atoms with Gasteiger partial charge >= 0.3 is 0 Å². The Hall–Kier alpha value is -1.25. The Bertz CT molecular complexity index is 562. The summed E-state index contributed by atoms with van der Waals surface area (Å²) in [6.45, 7) is 1.36. The fourth-order valence-corrected chi connectivity index (χ4v) is 2.49. The number of primary sulfonamides is 1. The summed E-state index contributed by atoms with van der Waals surface area (Å²) in [6.07, 6.45) is 1.52. The van der Waals surface area contributed by atoms with Crippen LogP contribution in [0.3, 0.4) is 0 Å². The van der Waals surface area contributed by atoms with E-state index < -0.39 is 32.3 Å². The molecule has 0 aliphatic carbocycles. The minimum Gasteiger partial charge on any atom is -0.487 e. The van der Waals surface area contributed by atoms with Crippen LogP contribution in [0.5, 0.6) is 5.75 Å².